The second-order valence-corrected chi connectivity index (χ2v) is 2.77. The molecule has 0 atom stereocenters. The van der Waals surface area contributed by atoms with E-state index in [1.165, 1.54) is 12.4 Å². The molecule has 0 radical (unpaired) electrons. The third kappa shape index (κ3) is 1.01. The van der Waals surface area contributed by atoms with Crippen molar-refractivity contribution in [3.63, 3.8) is 0 Å². The fourth-order valence-electron chi connectivity index (χ4n) is 0.576. The molecular weight excluding hydrogens is 176 g/mol. The third-order valence-corrected chi connectivity index (χ3v) is 1.52. The van der Waals surface area contributed by atoms with Gasteiger partial charge in [0.1, 0.15) is 0 Å². The molecule has 0 saturated heterocycles. The van der Waals surface area contributed by atoms with E-state index in [1.54, 1.807) is 0 Å². The fraction of sp³-hybridized carbons (Fsp3) is 0. The zero-order valence-electron chi connectivity index (χ0n) is 5.00. The Kier molecular flexibility index (Phi) is 1.09. The highest BCUT2D eigenvalue weighted by Crippen LogP contribution is 2.12. The molecule has 0 bridgehead atoms. The van der Waals surface area contributed by atoms with Crippen LogP contribution in [0.2, 0.25) is 0 Å². The van der Waals surface area contributed by atoms with Crippen LogP contribution in [0.15, 0.2) is 12.4 Å². The summed E-state index contributed by atoms with van der Waals surface area (Å²) >= 11 is 0. The van der Waals surface area contributed by atoms with Gasteiger partial charge >= 0.3 is 16.4 Å². The molecule has 2 rings (SSSR count). The fourth-order valence-corrected chi connectivity index (χ4v) is 1.06. The average molecular weight is 178 g/mol. The molecule has 8 heteroatoms. The van der Waals surface area contributed by atoms with Crippen molar-refractivity contribution in [2.24, 2.45) is 0 Å². The minimum atomic E-state index is -4.07. The van der Waals surface area contributed by atoms with Crippen LogP contribution < -0.4 is 9.17 Å². The maximum atomic E-state index is 10.5. The molecule has 60 valence electrons. The standard InChI is InChI=1S/C3H2N2O5S/c6-11(7)9-5-2-1-4-3(5)8-10-11/h1-2H. The van der Waals surface area contributed by atoms with Crippen LogP contribution in [0.5, 0.6) is 6.01 Å². The summed E-state index contributed by atoms with van der Waals surface area (Å²) in [5, 5.41) is 0. The lowest BCUT2D eigenvalue weighted by molar-refractivity contribution is -0.144. The van der Waals surface area contributed by atoms with Crippen LogP contribution >= 0.6 is 0 Å². The molecular formula is C3H2N2O5S. The van der Waals surface area contributed by atoms with E-state index < -0.39 is 10.4 Å². The Morgan fingerprint density at radius 1 is 1.55 bits per heavy atom. The molecule has 7 nitrogen and oxygen atoms in total. The second kappa shape index (κ2) is 1.86. The topological polar surface area (TPSA) is 79.7 Å². The Morgan fingerprint density at radius 3 is 3.18 bits per heavy atom. The molecule has 0 aromatic carbocycles. The maximum Gasteiger partial charge on any atom is 0.505 e. The molecule has 0 spiro atoms. The average Bonchev–Trinajstić information content (AvgIpc) is 2.31. The van der Waals surface area contributed by atoms with Gasteiger partial charge in [0.25, 0.3) is 0 Å². The van der Waals surface area contributed by atoms with Crippen LogP contribution in [0.4, 0.5) is 0 Å². The number of hydrogen-bond acceptors (Lipinski definition) is 6. The first-order valence-electron chi connectivity index (χ1n) is 2.52. The molecule has 11 heavy (non-hydrogen) atoms. The van der Waals surface area contributed by atoms with E-state index in [4.69, 9.17) is 0 Å². The first-order valence-corrected chi connectivity index (χ1v) is 3.85. The minimum Gasteiger partial charge on any atom is -0.274 e. The van der Waals surface area contributed by atoms with E-state index in [2.05, 4.69) is 18.5 Å². The normalized spacial score (nSPS) is 19.6. The van der Waals surface area contributed by atoms with Gasteiger partial charge in [-0.3, -0.25) is 9.17 Å². The lowest BCUT2D eigenvalue weighted by Gasteiger charge is -2.11. The molecule has 2 heterocycles. The predicted molar refractivity (Wildman–Crippen MR) is 29.4 cm³/mol. The summed E-state index contributed by atoms with van der Waals surface area (Å²) in [6, 6.07) is -0.0696. The Balaban J connectivity index is 2.47. The van der Waals surface area contributed by atoms with E-state index >= 15 is 0 Å². The van der Waals surface area contributed by atoms with Crippen molar-refractivity contribution in [3.05, 3.63) is 12.4 Å². The number of hydrogen-bond donors (Lipinski definition) is 0. The summed E-state index contributed by atoms with van der Waals surface area (Å²) in [5.41, 5.74) is 0. The van der Waals surface area contributed by atoms with Gasteiger partial charge in [-0.1, -0.05) is 0 Å². The van der Waals surface area contributed by atoms with Crippen molar-refractivity contribution >= 4 is 10.4 Å². The van der Waals surface area contributed by atoms with Gasteiger partial charge in [-0.05, 0) is 4.33 Å². The van der Waals surface area contributed by atoms with Gasteiger partial charge in [0.15, 0.2) is 0 Å². The summed E-state index contributed by atoms with van der Waals surface area (Å²) in [4.78, 5) is 7.77. The Labute approximate surface area is 61.3 Å². The zero-order chi connectivity index (χ0) is 7.90. The van der Waals surface area contributed by atoms with E-state index in [0.29, 0.717) is 0 Å². The zero-order valence-corrected chi connectivity index (χ0v) is 5.82. The van der Waals surface area contributed by atoms with Crippen molar-refractivity contribution < 1.29 is 21.9 Å². The minimum absolute atomic E-state index is 0.0696. The van der Waals surface area contributed by atoms with Crippen molar-refractivity contribution in [2.75, 3.05) is 0 Å². The molecule has 1 aromatic rings. The number of nitrogens with zero attached hydrogens (tertiary/aromatic N) is 2. The molecule has 1 aromatic heterocycles. The Hall–Kier alpha value is -1.28. The smallest absolute Gasteiger partial charge is 0.274 e. The predicted octanol–water partition coefficient (Wildman–Crippen LogP) is -1.12. The van der Waals surface area contributed by atoms with Gasteiger partial charge in [-0.25, -0.2) is 0 Å². The molecule has 0 amide bonds. The van der Waals surface area contributed by atoms with Crippen LogP contribution in [0.3, 0.4) is 0 Å². The van der Waals surface area contributed by atoms with E-state index in [-0.39, 0.29) is 6.01 Å². The van der Waals surface area contributed by atoms with Gasteiger partial charge in [-0.15, -0.1) is 4.73 Å². The summed E-state index contributed by atoms with van der Waals surface area (Å²) < 4.78 is 29.9. The van der Waals surface area contributed by atoms with Gasteiger partial charge in [0, 0.05) is 0 Å². The highest BCUT2D eigenvalue weighted by Gasteiger charge is 2.26. The SMILES string of the molecule is O=S1(=O)OOc2nccn2O1. The summed E-state index contributed by atoms with van der Waals surface area (Å²) in [7, 11) is -4.07. The lowest BCUT2D eigenvalue weighted by atomic mass is 11.0. The molecule has 1 aliphatic rings. The molecule has 1 aliphatic heterocycles. The van der Waals surface area contributed by atoms with Crippen LogP contribution in [0, 0.1) is 0 Å². The first-order chi connectivity index (χ1) is 5.17. The summed E-state index contributed by atoms with van der Waals surface area (Å²) in [6.45, 7) is 0. The van der Waals surface area contributed by atoms with Gasteiger partial charge in [0.2, 0.25) is 0 Å². The number of rotatable bonds is 0. The maximum absolute atomic E-state index is 10.5. The highest BCUT2D eigenvalue weighted by molar-refractivity contribution is 7.82. The largest absolute Gasteiger partial charge is 0.505 e. The Bertz CT molecular complexity index is 367. The van der Waals surface area contributed by atoms with E-state index in [9.17, 15) is 8.42 Å². The molecule has 0 unspecified atom stereocenters. The van der Waals surface area contributed by atoms with E-state index in [1.807, 2.05) is 0 Å². The van der Waals surface area contributed by atoms with Crippen molar-refractivity contribution in [3.8, 4) is 6.01 Å². The van der Waals surface area contributed by atoms with Gasteiger partial charge in [-0.2, -0.15) is 13.4 Å². The monoisotopic (exact) mass is 178 g/mol. The Morgan fingerprint density at radius 2 is 2.36 bits per heavy atom. The van der Waals surface area contributed by atoms with Crippen molar-refractivity contribution in [2.45, 2.75) is 0 Å². The number of imidazole rings is 1. The van der Waals surface area contributed by atoms with Crippen molar-refractivity contribution in [1.29, 1.82) is 0 Å². The van der Waals surface area contributed by atoms with Gasteiger partial charge in [0.05, 0.1) is 12.4 Å². The summed E-state index contributed by atoms with van der Waals surface area (Å²) in [6.07, 6.45) is 2.58. The highest BCUT2D eigenvalue weighted by atomic mass is 32.3. The quantitative estimate of drug-likeness (QED) is 0.468. The van der Waals surface area contributed by atoms with Crippen LogP contribution in [0.25, 0.3) is 0 Å². The van der Waals surface area contributed by atoms with Crippen LogP contribution in [-0.2, 0) is 14.7 Å². The van der Waals surface area contributed by atoms with Crippen molar-refractivity contribution in [1.82, 2.24) is 9.71 Å². The molecule has 0 N–H and O–H groups in total. The molecule has 0 fully saturated rings. The molecule has 0 saturated carbocycles. The summed E-state index contributed by atoms with van der Waals surface area (Å²) in [5.74, 6) is 0. The van der Waals surface area contributed by atoms with Crippen LogP contribution in [0.1, 0.15) is 0 Å². The lowest BCUT2D eigenvalue weighted by Crippen LogP contribution is -2.29. The number of aromatic nitrogens is 2. The first kappa shape index (κ1) is 6.43. The molecule has 0 aliphatic carbocycles. The third-order valence-electron chi connectivity index (χ3n) is 0.939. The van der Waals surface area contributed by atoms with Gasteiger partial charge < -0.3 is 0 Å². The second-order valence-electron chi connectivity index (χ2n) is 1.67. The van der Waals surface area contributed by atoms with E-state index in [0.717, 1.165) is 4.73 Å². The van der Waals surface area contributed by atoms with Crippen LogP contribution in [-0.4, -0.2) is 18.1 Å². The number of fused-ring (bicyclic) bond motifs is 1.